The summed E-state index contributed by atoms with van der Waals surface area (Å²) in [7, 11) is 0. The van der Waals surface area contributed by atoms with Gasteiger partial charge in [-0.1, -0.05) is 25.1 Å². The van der Waals surface area contributed by atoms with Crippen molar-refractivity contribution in [1.82, 2.24) is 20.2 Å². The van der Waals surface area contributed by atoms with Gasteiger partial charge in [-0.3, -0.25) is 16.0 Å². The van der Waals surface area contributed by atoms with E-state index in [0.717, 1.165) is 24.5 Å². The van der Waals surface area contributed by atoms with Crippen molar-refractivity contribution >= 4 is 0 Å². The van der Waals surface area contributed by atoms with E-state index in [1.165, 1.54) is 0 Å². The molecule has 0 bridgehead atoms. The van der Waals surface area contributed by atoms with E-state index in [1.807, 2.05) is 35.0 Å². The van der Waals surface area contributed by atoms with E-state index in [0.29, 0.717) is 13.0 Å². The highest BCUT2D eigenvalue weighted by molar-refractivity contribution is 5.20. The van der Waals surface area contributed by atoms with Crippen molar-refractivity contribution in [3.05, 3.63) is 42.5 Å². The van der Waals surface area contributed by atoms with Crippen molar-refractivity contribution in [2.45, 2.75) is 32.4 Å². The first-order chi connectivity index (χ1) is 9.83. The van der Waals surface area contributed by atoms with Crippen LogP contribution in [0.25, 0.3) is 0 Å². The molecule has 0 spiro atoms. The lowest BCUT2D eigenvalue weighted by Gasteiger charge is -2.16. The van der Waals surface area contributed by atoms with Crippen molar-refractivity contribution < 1.29 is 4.74 Å². The fourth-order valence-electron chi connectivity index (χ4n) is 1.94. The minimum atomic E-state index is -0.00462. The maximum absolute atomic E-state index is 5.71. The molecule has 0 radical (unpaired) electrons. The van der Waals surface area contributed by atoms with Gasteiger partial charge in [0.1, 0.15) is 24.5 Å². The lowest BCUT2D eigenvalue weighted by atomic mass is 10.2. The van der Waals surface area contributed by atoms with Gasteiger partial charge in [-0.05, 0) is 18.6 Å². The molecule has 3 N–H and O–H groups in total. The van der Waals surface area contributed by atoms with Gasteiger partial charge in [0.05, 0.1) is 6.04 Å². The summed E-state index contributed by atoms with van der Waals surface area (Å²) in [5.74, 6) is 7.35. The smallest absolute Gasteiger partial charge is 0.138 e. The number of nitrogens with one attached hydrogen (secondary N) is 1. The maximum Gasteiger partial charge on any atom is 0.138 e. The van der Waals surface area contributed by atoms with Gasteiger partial charge >= 0.3 is 0 Å². The molecule has 1 heterocycles. The fraction of sp³-hybridized carbons (Fsp3) is 0.429. The van der Waals surface area contributed by atoms with E-state index in [2.05, 4.69) is 22.4 Å². The van der Waals surface area contributed by atoms with Crippen LogP contribution in [0.5, 0.6) is 5.75 Å². The summed E-state index contributed by atoms with van der Waals surface area (Å²) < 4.78 is 7.62. The number of para-hydroxylation sites is 1. The molecule has 0 saturated heterocycles. The number of hydrazine groups is 1. The summed E-state index contributed by atoms with van der Waals surface area (Å²) in [6.07, 6.45) is 3.29. The molecule has 0 saturated carbocycles. The highest BCUT2D eigenvalue weighted by Gasteiger charge is 2.13. The van der Waals surface area contributed by atoms with Crippen LogP contribution in [0, 0.1) is 0 Å². The largest absolute Gasteiger partial charge is 0.492 e. The van der Waals surface area contributed by atoms with E-state index in [9.17, 15) is 0 Å². The average molecular weight is 275 g/mol. The number of nitrogens with two attached hydrogens (primary N) is 1. The van der Waals surface area contributed by atoms with Crippen LogP contribution in [0.2, 0.25) is 0 Å². The van der Waals surface area contributed by atoms with Gasteiger partial charge in [0.25, 0.3) is 0 Å². The van der Waals surface area contributed by atoms with Crippen molar-refractivity contribution in [3.8, 4) is 5.75 Å². The molecule has 0 amide bonds. The first-order valence-electron chi connectivity index (χ1n) is 6.84. The van der Waals surface area contributed by atoms with Crippen molar-refractivity contribution in [3.63, 3.8) is 0 Å². The SMILES string of the molecule is CCCn1ncnc1CC(COc1ccccc1)NN. The topological polar surface area (TPSA) is 78.0 Å². The second-order valence-electron chi connectivity index (χ2n) is 4.59. The number of nitrogens with zero attached hydrogens (tertiary/aromatic N) is 3. The van der Waals surface area contributed by atoms with Crippen LogP contribution >= 0.6 is 0 Å². The predicted molar refractivity (Wildman–Crippen MR) is 77.1 cm³/mol. The minimum Gasteiger partial charge on any atom is -0.492 e. The second kappa shape index (κ2) is 7.62. The van der Waals surface area contributed by atoms with Gasteiger partial charge in [-0.2, -0.15) is 5.10 Å². The fourth-order valence-corrected chi connectivity index (χ4v) is 1.94. The standard InChI is InChI=1S/C14H21N5O/c1-2-8-19-14(16-11-17-19)9-12(18-15)10-20-13-6-4-3-5-7-13/h3-7,11-12,18H,2,8-10,15H2,1H3. The zero-order valence-electron chi connectivity index (χ0n) is 11.7. The number of ether oxygens (including phenoxy) is 1. The van der Waals surface area contributed by atoms with E-state index >= 15 is 0 Å². The predicted octanol–water partition coefficient (Wildman–Crippen LogP) is 1.14. The maximum atomic E-state index is 5.71. The molecular formula is C14H21N5O. The minimum absolute atomic E-state index is 0.00462. The van der Waals surface area contributed by atoms with Gasteiger partial charge in [-0.15, -0.1) is 0 Å². The Labute approximate surface area is 118 Å². The van der Waals surface area contributed by atoms with E-state index in [4.69, 9.17) is 10.6 Å². The van der Waals surface area contributed by atoms with Gasteiger partial charge in [0.2, 0.25) is 0 Å². The number of aryl methyl sites for hydroxylation is 1. The van der Waals surface area contributed by atoms with Crippen LogP contribution in [0.1, 0.15) is 19.2 Å². The number of rotatable bonds is 8. The first kappa shape index (κ1) is 14.5. The monoisotopic (exact) mass is 275 g/mol. The molecule has 20 heavy (non-hydrogen) atoms. The summed E-state index contributed by atoms with van der Waals surface area (Å²) in [5.41, 5.74) is 2.77. The molecule has 1 aromatic heterocycles. The van der Waals surface area contributed by atoms with E-state index in [-0.39, 0.29) is 6.04 Å². The molecule has 1 aromatic carbocycles. The molecule has 6 heteroatoms. The Morgan fingerprint density at radius 3 is 2.85 bits per heavy atom. The number of benzene rings is 1. The summed E-state index contributed by atoms with van der Waals surface area (Å²) in [6.45, 7) is 3.47. The zero-order valence-corrected chi connectivity index (χ0v) is 11.7. The average Bonchev–Trinajstić information content (AvgIpc) is 2.92. The zero-order chi connectivity index (χ0) is 14.2. The molecule has 108 valence electrons. The number of hydrogen-bond donors (Lipinski definition) is 2. The van der Waals surface area contributed by atoms with Crippen molar-refractivity contribution in [2.24, 2.45) is 5.84 Å². The normalized spacial score (nSPS) is 12.3. The Bertz CT molecular complexity index is 499. The first-order valence-corrected chi connectivity index (χ1v) is 6.84. The van der Waals surface area contributed by atoms with Crippen LogP contribution in [-0.4, -0.2) is 27.4 Å². The molecule has 0 aliphatic heterocycles. The summed E-state index contributed by atoms with van der Waals surface area (Å²) >= 11 is 0. The van der Waals surface area contributed by atoms with Crippen molar-refractivity contribution in [1.29, 1.82) is 0 Å². The summed E-state index contributed by atoms with van der Waals surface area (Å²) in [4.78, 5) is 4.28. The van der Waals surface area contributed by atoms with Crippen molar-refractivity contribution in [2.75, 3.05) is 6.61 Å². The molecule has 0 fully saturated rings. The molecule has 1 unspecified atom stereocenters. The number of hydrogen-bond acceptors (Lipinski definition) is 5. The highest BCUT2D eigenvalue weighted by Crippen LogP contribution is 2.09. The van der Waals surface area contributed by atoms with E-state index in [1.54, 1.807) is 6.33 Å². The second-order valence-corrected chi connectivity index (χ2v) is 4.59. The summed E-state index contributed by atoms with van der Waals surface area (Å²) in [6, 6.07) is 9.69. The molecular weight excluding hydrogens is 254 g/mol. The Hall–Kier alpha value is -1.92. The Balaban J connectivity index is 1.90. The molecule has 6 nitrogen and oxygen atoms in total. The molecule has 0 aliphatic rings. The lowest BCUT2D eigenvalue weighted by Crippen LogP contribution is -2.41. The Morgan fingerprint density at radius 1 is 1.35 bits per heavy atom. The van der Waals surface area contributed by atoms with Gasteiger partial charge in [0, 0.05) is 13.0 Å². The van der Waals surface area contributed by atoms with E-state index < -0.39 is 0 Å². The van der Waals surface area contributed by atoms with Gasteiger partial charge in [-0.25, -0.2) is 4.98 Å². The number of aromatic nitrogens is 3. The molecule has 2 aromatic rings. The van der Waals surface area contributed by atoms with Crippen LogP contribution in [0.15, 0.2) is 36.7 Å². The molecule has 1 atom stereocenters. The third-order valence-corrected chi connectivity index (χ3v) is 2.99. The van der Waals surface area contributed by atoms with Gasteiger partial charge in [0.15, 0.2) is 0 Å². The lowest BCUT2D eigenvalue weighted by molar-refractivity contribution is 0.261. The third kappa shape index (κ3) is 4.04. The highest BCUT2D eigenvalue weighted by atomic mass is 16.5. The third-order valence-electron chi connectivity index (χ3n) is 2.99. The molecule has 0 aliphatic carbocycles. The van der Waals surface area contributed by atoms with Crippen LogP contribution in [-0.2, 0) is 13.0 Å². The quantitative estimate of drug-likeness (QED) is 0.558. The van der Waals surface area contributed by atoms with Crippen LogP contribution in [0.3, 0.4) is 0 Å². The molecule has 2 rings (SSSR count). The van der Waals surface area contributed by atoms with Gasteiger partial charge < -0.3 is 4.74 Å². The van der Waals surface area contributed by atoms with Crippen LogP contribution < -0.4 is 16.0 Å². The Morgan fingerprint density at radius 2 is 2.15 bits per heavy atom. The van der Waals surface area contributed by atoms with Crippen LogP contribution in [0.4, 0.5) is 0 Å². The Kier molecular flexibility index (Phi) is 5.52. The summed E-state index contributed by atoms with van der Waals surface area (Å²) in [5, 5.41) is 4.21.